The molecule has 2 rings (SSSR count). The van der Waals surface area contributed by atoms with Gasteiger partial charge in [-0.3, -0.25) is 4.98 Å². The van der Waals surface area contributed by atoms with E-state index in [1.165, 1.54) is 6.08 Å². The molecule has 0 saturated carbocycles. The molecule has 0 aliphatic rings. The molecule has 2 aromatic rings. The molecular formula is C16H17NO2. The van der Waals surface area contributed by atoms with Gasteiger partial charge in [-0.05, 0) is 36.3 Å². The van der Waals surface area contributed by atoms with Gasteiger partial charge in [0.15, 0.2) is 0 Å². The summed E-state index contributed by atoms with van der Waals surface area (Å²) in [5.74, 6) is -0.292. The number of unbranched alkanes of at least 4 members (excludes halogenated alkanes) is 1. The number of hydrogen-bond donors (Lipinski definition) is 0. The number of ether oxygens (including phenoxy) is 1. The first-order valence-corrected chi connectivity index (χ1v) is 6.49. The molecule has 3 nitrogen and oxygen atoms in total. The van der Waals surface area contributed by atoms with Crippen LogP contribution in [0.3, 0.4) is 0 Å². The van der Waals surface area contributed by atoms with Gasteiger partial charge in [0, 0.05) is 17.7 Å². The third-order valence-electron chi connectivity index (χ3n) is 2.78. The van der Waals surface area contributed by atoms with Crippen LogP contribution in [0, 0.1) is 0 Å². The SMILES string of the molecule is CCCCOC(=O)/C=C/c1ccc2ncccc2c1. The number of benzene rings is 1. The summed E-state index contributed by atoms with van der Waals surface area (Å²) in [6.07, 6.45) is 6.92. The van der Waals surface area contributed by atoms with Crippen molar-refractivity contribution >= 4 is 22.9 Å². The van der Waals surface area contributed by atoms with Gasteiger partial charge in [0.2, 0.25) is 0 Å². The van der Waals surface area contributed by atoms with E-state index in [0.29, 0.717) is 6.61 Å². The number of carbonyl (C=O) groups is 1. The van der Waals surface area contributed by atoms with E-state index in [0.717, 1.165) is 29.3 Å². The first kappa shape index (κ1) is 13.3. The molecule has 0 N–H and O–H groups in total. The molecule has 0 aliphatic carbocycles. The second kappa shape index (κ2) is 6.69. The first-order chi connectivity index (χ1) is 9.29. The van der Waals surface area contributed by atoms with Gasteiger partial charge in [0.25, 0.3) is 0 Å². The topological polar surface area (TPSA) is 39.2 Å². The Morgan fingerprint density at radius 1 is 1.37 bits per heavy atom. The van der Waals surface area contributed by atoms with Crippen LogP contribution in [0.1, 0.15) is 25.3 Å². The fourth-order valence-electron chi connectivity index (χ4n) is 1.73. The summed E-state index contributed by atoms with van der Waals surface area (Å²) >= 11 is 0. The van der Waals surface area contributed by atoms with Crippen LogP contribution in [0.25, 0.3) is 17.0 Å². The Bertz CT molecular complexity index is 590. The molecule has 0 atom stereocenters. The maximum Gasteiger partial charge on any atom is 0.330 e. The number of aromatic nitrogens is 1. The molecular weight excluding hydrogens is 238 g/mol. The zero-order chi connectivity index (χ0) is 13.5. The van der Waals surface area contributed by atoms with Crippen molar-refractivity contribution in [3.05, 3.63) is 48.2 Å². The first-order valence-electron chi connectivity index (χ1n) is 6.49. The van der Waals surface area contributed by atoms with E-state index >= 15 is 0 Å². The maximum atomic E-state index is 11.4. The molecule has 0 unspecified atom stereocenters. The molecule has 0 aliphatic heterocycles. The van der Waals surface area contributed by atoms with E-state index in [4.69, 9.17) is 4.74 Å². The van der Waals surface area contributed by atoms with Crippen LogP contribution in [-0.4, -0.2) is 17.6 Å². The largest absolute Gasteiger partial charge is 0.463 e. The molecule has 19 heavy (non-hydrogen) atoms. The number of esters is 1. The Kier molecular flexibility index (Phi) is 4.67. The van der Waals surface area contributed by atoms with Gasteiger partial charge in [-0.2, -0.15) is 0 Å². The average molecular weight is 255 g/mol. The molecule has 1 aromatic heterocycles. The lowest BCUT2D eigenvalue weighted by Gasteiger charge is -2.00. The predicted molar refractivity (Wildman–Crippen MR) is 76.6 cm³/mol. The van der Waals surface area contributed by atoms with Crippen molar-refractivity contribution in [3.8, 4) is 0 Å². The van der Waals surface area contributed by atoms with Crippen molar-refractivity contribution in [2.75, 3.05) is 6.61 Å². The van der Waals surface area contributed by atoms with E-state index in [1.807, 2.05) is 30.3 Å². The molecule has 0 radical (unpaired) electrons. The van der Waals surface area contributed by atoms with Crippen LogP contribution in [0.15, 0.2) is 42.6 Å². The van der Waals surface area contributed by atoms with E-state index in [-0.39, 0.29) is 5.97 Å². The summed E-state index contributed by atoms with van der Waals surface area (Å²) in [6, 6.07) is 9.77. The number of hydrogen-bond acceptors (Lipinski definition) is 3. The minimum absolute atomic E-state index is 0.292. The highest BCUT2D eigenvalue weighted by Crippen LogP contribution is 2.14. The molecule has 0 spiro atoms. The maximum absolute atomic E-state index is 11.4. The monoisotopic (exact) mass is 255 g/mol. The summed E-state index contributed by atoms with van der Waals surface area (Å²) in [4.78, 5) is 15.7. The Balaban J connectivity index is 2.02. The van der Waals surface area contributed by atoms with Gasteiger partial charge < -0.3 is 4.74 Å². The number of nitrogens with zero attached hydrogens (tertiary/aromatic N) is 1. The van der Waals surface area contributed by atoms with Gasteiger partial charge in [-0.1, -0.05) is 25.5 Å². The van der Waals surface area contributed by atoms with Crippen LogP contribution in [0.5, 0.6) is 0 Å². The van der Waals surface area contributed by atoms with Gasteiger partial charge >= 0.3 is 5.97 Å². The second-order valence-electron chi connectivity index (χ2n) is 4.31. The van der Waals surface area contributed by atoms with Crippen LogP contribution >= 0.6 is 0 Å². The van der Waals surface area contributed by atoms with E-state index in [9.17, 15) is 4.79 Å². The van der Waals surface area contributed by atoms with Crippen molar-refractivity contribution in [1.29, 1.82) is 0 Å². The van der Waals surface area contributed by atoms with Crippen LogP contribution < -0.4 is 0 Å². The molecule has 1 heterocycles. The minimum atomic E-state index is -0.292. The highest BCUT2D eigenvalue weighted by Gasteiger charge is 1.97. The Morgan fingerprint density at radius 2 is 2.26 bits per heavy atom. The third-order valence-corrected chi connectivity index (χ3v) is 2.78. The van der Waals surface area contributed by atoms with Crippen LogP contribution in [0.4, 0.5) is 0 Å². The quantitative estimate of drug-likeness (QED) is 0.465. The molecule has 1 aromatic carbocycles. The fourth-order valence-corrected chi connectivity index (χ4v) is 1.73. The lowest BCUT2D eigenvalue weighted by atomic mass is 10.1. The summed E-state index contributed by atoms with van der Waals surface area (Å²) in [6.45, 7) is 2.55. The van der Waals surface area contributed by atoms with E-state index in [1.54, 1.807) is 12.3 Å². The molecule has 98 valence electrons. The summed E-state index contributed by atoms with van der Waals surface area (Å²) in [5.41, 5.74) is 1.91. The zero-order valence-electron chi connectivity index (χ0n) is 11.0. The summed E-state index contributed by atoms with van der Waals surface area (Å²) in [7, 11) is 0. The van der Waals surface area contributed by atoms with Crippen LogP contribution in [-0.2, 0) is 9.53 Å². The van der Waals surface area contributed by atoms with Gasteiger partial charge in [0.1, 0.15) is 0 Å². The average Bonchev–Trinajstić information content (AvgIpc) is 2.45. The van der Waals surface area contributed by atoms with Gasteiger partial charge in [0.05, 0.1) is 12.1 Å². The highest BCUT2D eigenvalue weighted by molar-refractivity contribution is 5.88. The van der Waals surface area contributed by atoms with Crippen LogP contribution in [0.2, 0.25) is 0 Å². The van der Waals surface area contributed by atoms with E-state index in [2.05, 4.69) is 11.9 Å². The van der Waals surface area contributed by atoms with E-state index < -0.39 is 0 Å². The molecule has 0 fully saturated rings. The molecule has 0 saturated heterocycles. The number of rotatable bonds is 5. The standard InChI is InChI=1S/C16H17NO2/c1-2-3-11-19-16(18)9-7-13-6-8-15-14(12-13)5-4-10-17-15/h4-10,12H,2-3,11H2,1H3/b9-7+. The predicted octanol–water partition coefficient (Wildman–Crippen LogP) is 3.59. The lowest BCUT2D eigenvalue weighted by molar-refractivity contribution is -0.137. The number of carbonyl (C=O) groups excluding carboxylic acids is 1. The number of pyridine rings is 1. The van der Waals surface area contributed by atoms with Crippen molar-refractivity contribution in [2.45, 2.75) is 19.8 Å². The van der Waals surface area contributed by atoms with Crippen molar-refractivity contribution < 1.29 is 9.53 Å². The Hall–Kier alpha value is -2.16. The zero-order valence-corrected chi connectivity index (χ0v) is 11.0. The second-order valence-corrected chi connectivity index (χ2v) is 4.31. The molecule has 3 heteroatoms. The smallest absolute Gasteiger partial charge is 0.330 e. The Labute approximate surface area is 112 Å². The third kappa shape index (κ3) is 3.91. The minimum Gasteiger partial charge on any atom is -0.463 e. The number of fused-ring (bicyclic) bond motifs is 1. The summed E-state index contributed by atoms with van der Waals surface area (Å²) in [5, 5.41) is 1.06. The molecule has 0 bridgehead atoms. The Morgan fingerprint density at radius 3 is 3.11 bits per heavy atom. The van der Waals surface area contributed by atoms with Crippen molar-refractivity contribution in [1.82, 2.24) is 4.98 Å². The van der Waals surface area contributed by atoms with Gasteiger partial charge in [-0.15, -0.1) is 0 Å². The van der Waals surface area contributed by atoms with Crippen molar-refractivity contribution in [2.24, 2.45) is 0 Å². The van der Waals surface area contributed by atoms with Gasteiger partial charge in [-0.25, -0.2) is 4.79 Å². The normalized spacial score (nSPS) is 11.0. The fraction of sp³-hybridized carbons (Fsp3) is 0.250. The molecule has 0 amide bonds. The highest BCUT2D eigenvalue weighted by atomic mass is 16.5. The lowest BCUT2D eigenvalue weighted by Crippen LogP contribution is -2.01. The summed E-state index contributed by atoms with van der Waals surface area (Å²) < 4.78 is 5.05. The van der Waals surface area contributed by atoms with Crippen molar-refractivity contribution in [3.63, 3.8) is 0 Å².